The molecule has 0 radical (unpaired) electrons. The van der Waals surface area contributed by atoms with Crippen LogP contribution < -0.4 is 5.73 Å². The molecule has 7 nitrogen and oxygen atoms in total. The third-order valence-corrected chi connectivity index (χ3v) is 8.83. The summed E-state index contributed by atoms with van der Waals surface area (Å²) in [5.41, 5.74) is 5.87. The van der Waals surface area contributed by atoms with E-state index in [0.29, 0.717) is 31.6 Å². The molecule has 0 saturated heterocycles. The lowest BCUT2D eigenvalue weighted by atomic mass is 10.0. The molecule has 0 spiro atoms. The number of aliphatic imine (C=N–C) groups is 1. The lowest BCUT2D eigenvalue weighted by Crippen LogP contribution is -2.50. The summed E-state index contributed by atoms with van der Waals surface area (Å²) in [5.74, 6) is 4.88. The van der Waals surface area contributed by atoms with E-state index in [1.807, 2.05) is 6.92 Å². The van der Waals surface area contributed by atoms with E-state index in [2.05, 4.69) is 21.1 Å². The predicted octanol–water partition coefficient (Wildman–Crippen LogP) is 3.88. The molecule has 29 heavy (non-hydrogen) atoms. The lowest BCUT2D eigenvalue weighted by molar-refractivity contribution is 0.522. The number of thiophene rings is 1. The summed E-state index contributed by atoms with van der Waals surface area (Å²) in [6.45, 7) is 1.84. The van der Waals surface area contributed by atoms with Crippen molar-refractivity contribution in [1.29, 1.82) is 0 Å². The maximum absolute atomic E-state index is 12.9. The number of hydrogen-bond acceptors (Lipinski definition) is 7. The molecule has 3 heterocycles. The SMILES string of the molecule is C=S1(=O)C[C@@](C)(c2sc(-c3nnc(-c4ccc(Cl)cc4)o3)cc2Cl)N=C(N)N1C. The second-order valence-corrected chi connectivity index (χ2v) is 11.1. The van der Waals surface area contributed by atoms with Crippen molar-refractivity contribution in [3.63, 3.8) is 0 Å². The van der Waals surface area contributed by atoms with Gasteiger partial charge in [0.15, 0.2) is 0 Å². The van der Waals surface area contributed by atoms with Crippen LogP contribution in [0, 0.1) is 0 Å². The predicted molar refractivity (Wildman–Crippen MR) is 120 cm³/mol. The molecule has 4 rings (SSSR count). The van der Waals surface area contributed by atoms with E-state index in [1.54, 1.807) is 37.4 Å². The third-order valence-electron chi connectivity index (χ3n) is 4.59. The van der Waals surface area contributed by atoms with Crippen molar-refractivity contribution in [3.05, 3.63) is 45.3 Å². The fourth-order valence-electron chi connectivity index (χ4n) is 3.05. The van der Waals surface area contributed by atoms with Crippen LogP contribution in [-0.4, -0.2) is 43.3 Å². The molecular formula is C18H17Cl2N5O2S2. The van der Waals surface area contributed by atoms with E-state index in [9.17, 15) is 4.21 Å². The number of rotatable bonds is 3. The second kappa shape index (κ2) is 7.02. The van der Waals surface area contributed by atoms with E-state index >= 15 is 0 Å². The van der Waals surface area contributed by atoms with Crippen molar-refractivity contribution >= 4 is 56.1 Å². The maximum atomic E-state index is 12.9. The molecule has 3 aromatic rings. The fourth-order valence-corrected chi connectivity index (χ4v) is 6.49. The van der Waals surface area contributed by atoms with Gasteiger partial charge in [0.25, 0.3) is 5.89 Å². The van der Waals surface area contributed by atoms with Gasteiger partial charge >= 0.3 is 0 Å². The van der Waals surface area contributed by atoms with E-state index in [-0.39, 0.29) is 11.7 Å². The van der Waals surface area contributed by atoms with Crippen molar-refractivity contribution in [1.82, 2.24) is 14.5 Å². The highest BCUT2D eigenvalue weighted by atomic mass is 35.5. The number of halogens is 2. The van der Waals surface area contributed by atoms with Crippen molar-refractivity contribution in [2.45, 2.75) is 12.5 Å². The molecule has 2 atom stereocenters. The zero-order valence-corrected chi connectivity index (χ0v) is 18.7. The number of benzene rings is 1. The smallest absolute Gasteiger partial charge is 0.258 e. The van der Waals surface area contributed by atoms with Crippen LogP contribution >= 0.6 is 34.5 Å². The molecule has 1 aliphatic heterocycles. The standard InChI is InChI=1S/C18H17Cl2N5O2S2/c1-18(9-29(3,26)25(2)17(21)22-18)14-12(20)8-13(28-14)16-24-23-15(27-16)10-4-6-11(19)7-5-10/h4-8H,3,9H2,1-2H3,(H2,21,22)/t18-,29?/m0/s1. The fraction of sp³-hybridized carbons (Fsp3) is 0.222. The molecule has 11 heteroatoms. The molecule has 0 saturated carbocycles. The Morgan fingerprint density at radius 3 is 2.59 bits per heavy atom. The Hall–Kier alpha value is -2.07. The van der Waals surface area contributed by atoms with Crippen molar-refractivity contribution in [2.24, 2.45) is 10.7 Å². The van der Waals surface area contributed by atoms with Crippen LogP contribution in [0.3, 0.4) is 0 Å². The Morgan fingerprint density at radius 2 is 1.93 bits per heavy atom. The van der Waals surface area contributed by atoms with Crippen molar-refractivity contribution in [2.75, 3.05) is 12.8 Å². The zero-order valence-electron chi connectivity index (χ0n) is 15.6. The molecule has 0 aliphatic carbocycles. The number of nitrogens with two attached hydrogens (primary N) is 1. The summed E-state index contributed by atoms with van der Waals surface area (Å²) < 4.78 is 20.1. The largest absolute Gasteiger partial charge is 0.415 e. The number of nitrogens with zero attached hydrogens (tertiary/aromatic N) is 4. The first-order chi connectivity index (χ1) is 13.6. The van der Waals surface area contributed by atoms with Crippen LogP contribution in [-0.2, 0) is 15.2 Å². The molecule has 152 valence electrons. The van der Waals surface area contributed by atoms with Crippen molar-refractivity contribution < 1.29 is 8.63 Å². The quantitative estimate of drug-likeness (QED) is 0.586. The van der Waals surface area contributed by atoms with Crippen LogP contribution in [0.1, 0.15) is 11.8 Å². The molecule has 0 fully saturated rings. The summed E-state index contributed by atoms with van der Waals surface area (Å²) in [6.07, 6.45) is 0. The van der Waals surface area contributed by atoms with Gasteiger partial charge in [0.2, 0.25) is 11.9 Å². The first kappa shape index (κ1) is 20.2. The maximum Gasteiger partial charge on any atom is 0.258 e. The normalized spacial score (nSPS) is 24.6. The van der Waals surface area contributed by atoms with Crippen LogP contribution in [0.25, 0.3) is 22.2 Å². The molecule has 0 amide bonds. The molecule has 0 bridgehead atoms. The van der Waals surface area contributed by atoms with Gasteiger partial charge in [0, 0.05) is 17.6 Å². The van der Waals surface area contributed by atoms with Gasteiger partial charge in [-0.3, -0.25) is 4.31 Å². The summed E-state index contributed by atoms with van der Waals surface area (Å²) >= 11 is 13.8. The van der Waals surface area contributed by atoms with Gasteiger partial charge < -0.3 is 10.2 Å². The summed E-state index contributed by atoms with van der Waals surface area (Å²) in [4.78, 5) is 5.94. The van der Waals surface area contributed by atoms with E-state index < -0.39 is 15.2 Å². The third kappa shape index (κ3) is 3.63. The van der Waals surface area contributed by atoms with Gasteiger partial charge in [-0.1, -0.05) is 23.2 Å². The Morgan fingerprint density at radius 1 is 1.28 bits per heavy atom. The van der Waals surface area contributed by atoms with Gasteiger partial charge in [-0.25, -0.2) is 9.20 Å². The zero-order chi connectivity index (χ0) is 21.0. The Labute approximate surface area is 182 Å². The Balaban J connectivity index is 1.72. The highest BCUT2D eigenvalue weighted by Crippen LogP contribution is 2.44. The van der Waals surface area contributed by atoms with Crippen LogP contribution in [0.5, 0.6) is 0 Å². The van der Waals surface area contributed by atoms with Gasteiger partial charge in [-0.2, -0.15) is 0 Å². The van der Waals surface area contributed by atoms with Crippen molar-refractivity contribution in [3.8, 4) is 22.2 Å². The van der Waals surface area contributed by atoms with Crippen LogP contribution in [0.2, 0.25) is 10.0 Å². The average Bonchev–Trinajstić information content (AvgIpc) is 3.27. The molecule has 1 aromatic carbocycles. The number of guanidine groups is 1. The molecular weight excluding hydrogens is 453 g/mol. The molecule has 1 unspecified atom stereocenters. The first-order valence-corrected chi connectivity index (χ1v) is 11.9. The number of hydrogen-bond donors (Lipinski definition) is 1. The van der Waals surface area contributed by atoms with E-state index in [1.165, 1.54) is 15.6 Å². The minimum Gasteiger partial charge on any atom is -0.415 e. The first-order valence-electron chi connectivity index (χ1n) is 8.43. The van der Waals surface area contributed by atoms with Gasteiger partial charge in [-0.05, 0) is 43.1 Å². The minimum atomic E-state index is -2.61. The summed E-state index contributed by atoms with van der Waals surface area (Å²) in [5, 5.41) is 9.32. The summed E-state index contributed by atoms with van der Waals surface area (Å²) in [6, 6.07) is 8.84. The molecule has 2 N–H and O–H groups in total. The monoisotopic (exact) mass is 469 g/mol. The van der Waals surface area contributed by atoms with E-state index in [0.717, 1.165) is 5.56 Å². The highest BCUT2D eigenvalue weighted by molar-refractivity contribution is 7.98. The molecule has 1 aliphatic rings. The second-order valence-electron chi connectivity index (χ2n) is 6.87. The lowest BCUT2D eigenvalue weighted by Gasteiger charge is -2.36. The molecule has 2 aromatic heterocycles. The van der Waals surface area contributed by atoms with Crippen LogP contribution in [0.15, 0.2) is 39.7 Å². The van der Waals surface area contributed by atoms with Gasteiger partial charge in [0.05, 0.1) is 30.2 Å². The Kier molecular flexibility index (Phi) is 4.89. The highest BCUT2D eigenvalue weighted by Gasteiger charge is 2.40. The van der Waals surface area contributed by atoms with Gasteiger partial charge in [0.1, 0.15) is 5.54 Å². The average molecular weight is 470 g/mol. The topological polar surface area (TPSA) is 97.6 Å². The van der Waals surface area contributed by atoms with Gasteiger partial charge in [-0.15, -0.1) is 21.5 Å². The minimum absolute atomic E-state index is 0.160. The Bertz CT molecular complexity index is 1220. The summed E-state index contributed by atoms with van der Waals surface area (Å²) in [7, 11) is -0.994. The van der Waals surface area contributed by atoms with Crippen LogP contribution in [0.4, 0.5) is 0 Å². The van der Waals surface area contributed by atoms with E-state index in [4.69, 9.17) is 33.4 Å². The number of aromatic nitrogens is 2.